The van der Waals surface area contributed by atoms with Crippen LogP contribution in [0.5, 0.6) is 5.75 Å². The molecule has 9 heteroatoms. The van der Waals surface area contributed by atoms with E-state index in [1.165, 1.54) is 6.20 Å². The van der Waals surface area contributed by atoms with Gasteiger partial charge >= 0.3 is 6.09 Å². The molecule has 8 nitrogen and oxygen atoms in total. The molecule has 0 spiro atoms. The predicted octanol–water partition coefficient (Wildman–Crippen LogP) is 2.62. The zero-order chi connectivity index (χ0) is 16.4. The highest BCUT2D eigenvalue weighted by atomic mass is 79.9. The Kier molecular flexibility index (Phi) is 4.20. The summed E-state index contributed by atoms with van der Waals surface area (Å²) in [6, 6.07) is 3.58. The lowest BCUT2D eigenvalue weighted by atomic mass is 10.2. The van der Waals surface area contributed by atoms with Gasteiger partial charge in [-0.05, 0) is 18.6 Å². The maximum Gasteiger partial charge on any atom is 0.432 e. The summed E-state index contributed by atoms with van der Waals surface area (Å²) in [6.07, 6.45) is 1.95. The summed E-state index contributed by atoms with van der Waals surface area (Å²) in [5.74, 6) is 0.192. The summed E-state index contributed by atoms with van der Waals surface area (Å²) in [6.45, 7) is 1.32. The van der Waals surface area contributed by atoms with Gasteiger partial charge in [-0.2, -0.15) is 9.78 Å². The number of nitrogens with one attached hydrogen (secondary N) is 2. The quantitative estimate of drug-likeness (QED) is 0.739. The number of aromatic nitrogens is 2. The van der Waals surface area contributed by atoms with Crippen molar-refractivity contribution in [2.45, 2.75) is 6.42 Å². The lowest BCUT2D eigenvalue weighted by Crippen LogP contribution is -2.14. The minimum Gasteiger partial charge on any atom is -0.491 e. The summed E-state index contributed by atoms with van der Waals surface area (Å²) in [4.78, 5) is 23.1. The molecule has 2 aromatic rings. The number of ether oxygens (including phenoxy) is 1. The molecule has 2 heterocycles. The first kappa shape index (κ1) is 15.3. The number of hydrogen-bond donors (Lipinski definition) is 3. The number of halogens is 1. The van der Waals surface area contributed by atoms with Crippen LogP contribution in [0.4, 0.5) is 16.2 Å². The van der Waals surface area contributed by atoms with Crippen molar-refractivity contribution in [2.24, 2.45) is 0 Å². The second kappa shape index (κ2) is 6.29. The highest BCUT2D eigenvalue weighted by molar-refractivity contribution is 9.10. The summed E-state index contributed by atoms with van der Waals surface area (Å²) >= 11 is 3.38. The van der Waals surface area contributed by atoms with Crippen LogP contribution in [0.2, 0.25) is 0 Å². The number of amides is 1. The standard InChI is InChI=1S/C14H13BrN4O4/c15-9-4-10(12-11(5-9)23-3-1-2-16-12)18-13(20)8-6-17-19(7-8)14(21)22/h4-7,16H,1-3H2,(H,18,20)(H,21,22). The van der Waals surface area contributed by atoms with Gasteiger partial charge in [0.2, 0.25) is 0 Å². The Bertz CT molecular complexity index is 774. The predicted molar refractivity (Wildman–Crippen MR) is 86.3 cm³/mol. The Balaban J connectivity index is 1.88. The largest absolute Gasteiger partial charge is 0.491 e. The number of carbonyl (C=O) groups excluding carboxylic acids is 1. The van der Waals surface area contributed by atoms with Crippen molar-refractivity contribution in [1.82, 2.24) is 9.78 Å². The van der Waals surface area contributed by atoms with Gasteiger partial charge in [0.15, 0.2) is 0 Å². The van der Waals surface area contributed by atoms with E-state index in [9.17, 15) is 9.59 Å². The molecule has 1 aromatic heterocycles. The maximum atomic E-state index is 12.3. The van der Waals surface area contributed by atoms with E-state index in [4.69, 9.17) is 9.84 Å². The van der Waals surface area contributed by atoms with Crippen LogP contribution in [-0.2, 0) is 0 Å². The summed E-state index contributed by atoms with van der Waals surface area (Å²) in [7, 11) is 0. The number of fused-ring (bicyclic) bond motifs is 1. The average Bonchev–Trinajstić information content (AvgIpc) is 2.88. The number of rotatable bonds is 2. The molecule has 3 rings (SSSR count). The van der Waals surface area contributed by atoms with Gasteiger partial charge in [-0.1, -0.05) is 15.9 Å². The Labute approximate surface area is 139 Å². The van der Waals surface area contributed by atoms with Crippen molar-refractivity contribution >= 4 is 39.3 Å². The summed E-state index contributed by atoms with van der Waals surface area (Å²) < 4.78 is 7.09. The molecule has 0 saturated carbocycles. The molecule has 1 amide bonds. The fourth-order valence-electron chi connectivity index (χ4n) is 2.18. The van der Waals surface area contributed by atoms with Crippen molar-refractivity contribution in [2.75, 3.05) is 23.8 Å². The topological polar surface area (TPSA) is 105 Å². The molecule has 1 aromatic carbocycles. The molecule has 0 unspecified atom stereocenters. The van der Waals surface area contributed by atoms with E-state index >= 15 is 0 Å². The van der Waals surface area contributed by atoms with Gasteiger partial charge in [0.1, 0.15) is 11.4 Å². The molecule has 0 radical (unpaired) electrons. The number of anilines is 2. The van der Waals surface area contributed by atoms with Crippen LogP contribution < -0.4 is 15.4 Å². The van der Waals surface area contributed by atoms with E-state index in [0.717, 1.165) is 23.6 Å². The highest BCUT2D eigenvalue weighted by Gasteiger charge is 2.18. The van der Waals surface area contributed by atoms with Crippen LogP contribution in [0.3, 0.4) is 0 Å². The van der Waals surface area contributed by atoms with Crippen molar-refractivity contribution < 1.29 is 19.4 Å². The molecule has 23 heavy (non-hydrogen) atoms. The number of carbonyl (C=O) groups is 2. The van der Waals surface area contributed by atoms with E-state index < -0.39 is 12.0 Å². The molecule has 0 aliphatic carbocycles. The zero-order valence-corrected chi connectivity index (χ0v) is 13.5. The zero-order valence-electron chi connectivity index (χ0n) is 11.9. The average molecular weight is 381 g/mol. The third-order valence-electron chi connectivity index (χ3n) is 3.24. The number of hydrogen-bond acceptors (Lipinski definition) is 5. The van der Waals surface area contributed by atoms with E-state index in [0.29, 0.717) is 28.4 Å². The molecule has 3 N–H and O–H groups in total. The number of benzene rings is 1. The number of nitrogens with zero attached hydrogens (tertiary/aromatic N) is 2. The van der Waals surface area contributed by atoms with Crippen LogP contribution in [0.1, 0.15) is 16.8 Å². The summed E-state index contributed by atoms with van der Waals surface area (Å²) in [5.41, 5.74) is 1.39. The molecule has 1 aliphatic rings. The van der Waals surface area contributed by atoms with Gasteiger partial charge in [-0.15, -0.1) is 0 Å². The van der Waals surface area contributed by atoms with Crippen molar-refractivity contribution in [3.63, 3.8) is 0 Å². The lowest BCUT2D eigenvalue weighted by Gasteiger charge is -2.14. The molecular weight excluding hydrogens is 368 g/mol. The molecule has 0 atom stereocenters. The van der Waals surface area contributed by atoms with Gasteiger partial charge in [0.25, 0.3) is 5.91 Å². The van der Waals surface area contributed by atoms with Crippen LogP contribution in [-0.4, -0.2) is 40.0 Å². The van der Waals surface area contributed by atoms with Crippen LogP contribution >= 0.6 is 15.9 Å². The number of carboxylic acid groups (broad SMARTS) is 1. The Hall–Kier alpha value is -2.55. The maximum absolute atomic E-state index is 12.3. The Morgan fingerprint density at radius 1 is 1.43 bits per heavy atom. The monoisotopic (exact) mass is 380 g/mol. The first-order chi connectivity index (χ1) is 11.0. The SMILES string of the molecule is O=C(Nc1cc(Br)cc2c1NCCCO2)c1cnn(C(=O)O)c1. The summed E-state index contributed by atoms with van der Waals surface area (Å²) in [5, 5.41) is 18.4. The van der Waals surface area contributed by atoms with Crippen LogP contribution in [0.25, 0.3) is 0 Å². The fourth-order valence-corrected chi connectivity index (χ4v) is 2.62. The Morgan fingerprint density at radius 3 is 3.00 bits per heavy atom. The molecular formula is C14H13BrN4O4. The third-order valence-corrected chi connectivity index (χ3v) is 3.69. The minimum absolute atomic E-state index is 0.149. The molecule has 1 aliphatic heterocycles. The van der Waals surface area contributed by atoms with Crippen molar-refractivity contribution in [1.29, 1.82) is 0 Å². The minimum atomic E-state index is -1.25. The molecule has 0 fully saturated rings. The van der Waals surface area contributed by atoms with Crippen LogP contribution in [0.15, 0.2) is 29.0 Å². The lowest BCUT2D eigenvalue weighted by molar-refractivity contribution is 0.102. The van der Waals surface area contributed by atoms with Gasteiger partial charge in [0.05, 0.1) is 30.3 Å². The first-order valence-corrected chi connectivity index (χ1v) is 7.63. The van der Waals surface area contributed by atoms with E-state index in [-0.39, 0.29) is 5.56 Å². The van der Waals surface area contributed by atoms with Gasteiger partial charge in [-0.25, -0.2) is 4.79 Å². The van der Waals surface area contributed by atoms with Crippen molar-refractivity contribution in [3.8, 4) is 5.75 Å². The molecule has 0 bridgehead atoms. The third kappa shape index (κ3) is 3.29. The van der Waals surface area contributed by atoms with Crippen molar-refractivity contribution in [3.05, 3.63) is 34.6 Å². The van der Waals surface area contributed by atoms with Gasteiger partial charge in [-0.3, -0.25) is 4.79 Å². The van der Waals surface area contributed by atoms with Crippen LogP contribution in [0, 0.1) is 0 Å². The second-order valence-corrected chi connectivity index (χ2v) is 5.78. The fraction of sp³-hybridized carbons (Fsp3) is 0.214. The Morgan fingerprint density at radius 2 is 2.26 bits per heavy atom. The molecule has 0 saturated heterocycles. The van der Waals surface area contributed by atoms with Gasteiger partial charge in [0, 0.05) is 11.0 Å². The van der Waals surface area contributed by atoms with E-state index in [1.807, 2.05) is 6.07 Å². The second-order valence-electron chi connectivity index (χ2n) is 4.87. The smallest absolute Gasteiger partial charge is 0.432 e. The highest BCUT2D eigenvalue weighted by Crippen LogP contribution is 2.37. The van der Waals surface area contributed by atoms with E-state index in [1.54, 1.807) is 6.07 Å². The van der Waals surface area contributed by atoms with Gasteiger partial charge < -0.3 is 20.5 Å². The first-order valence-electron chi connectivity index (χ1n) is 6.84. The normalized spacial score (nSPS) is 13.3. The van der Waals surface area contributed by atoms with E-state index in [2.05, 4.69) is 31.7 Å². The molecule has 120 valence electrons.